The molecule has 0 atom stereocenters. The van der Waals surface area contributed by atoms with E-state index in [-0.39, 0.29) is 38.4 Å². The second kappa shape index (κ2) is 9.89. The van der Waals surface area contributed by atoms with Crippen LogP contribution in [-0.4, -0.2) is 36.7 Å². The lowest BCUT2D eigenvalue weighted by atomic mass is 9.96. The molecular weight excluding hydrogens is 532 g/mol. The standard InChI is InChI=1S/C24H20ClF2N3O4S2/c25-16-3-6-20-21(12-16)35-24(28-20)30(14-18-2-1-11-34-18)23(31)15-7-9-29(10-8-15)36(32,33)22-13-17(26)4-5-19(22)27/h1-6,11-13,15H,7-10,14H2. The van der Waals surface area contributed by atoms with Gasteiger partial charge in [0.25, 0.3) is 0 Å². The summed E-state index contributed by atoms with van der Waals surface area (Å²) in [6, 6.07) is 11.1. The van der Waals surface area contributed by atoms with Crippen molar-refractivity contribution in [3.05, 3.63) is 77.2 Å². The molecule has 1 aliphatic rings. The number of hydrogen-bond donors (Lipinski definition) is 0. The number of amides is 1. The smallest absolute Gasteiger partial charge is 0.246 e. The molecule has 0 N–H and O–H groups in total. The molecule has 188 valence electrons. The summed E-state index contributed by atoms with van der Waals surface area (Å²) in [4.78, 5) is 19.1. The summed E-state index contributed by atoms with van der Waals surface area (Å²) in [6.07, 6.45) is 1.96. The monoisotopic (exact) mass is 551 g/mol. The van der Waals surface area contributed by atoms with Gasteiger partial charge in [0, 0.05) is 24.0 Å². The second-order valence-corrected chi connectivity index (χ2v) is 11.7. The molecule has 12 heteroatoms. The van der Waals surface area contributed by atoms with Crippen LogP contribution in [0.2, 0.25) is 5.02 Å². The molecule has 1 saturated heterocycles. The van der Waals surface area contributed by atoms with Crippen molar-refractivity contribution in [1.29, 1.82) is 0 Å². The number of hydrogen-bond acceptors (Lipinski definition) is 6. The molecule has 0 bridgehead atoms. The Morgan fingerprint density at radius 2 is 1.94 bits per heavy atom. The molecule has 1 aliphatic heterocycles. The molecule has 5 rings (SSSR count). The number of thiazole rings is 1. The van der Waals surface area contributed by atoms with Gasteiger partial charge in [0.05, 0.1) is 23.0 Å². The Balaban J connectivity index is 1.37. The van der Waals surface area contributed by atoms with Crippen LogP contribution < -0.4 is 4.90 Å². The van der Waals surface area contributed by atoms with E-state index in [4.69, 9.17) is 16.0 Å². The first-order valence-corrected chi connectivity index (χ1v) is 13.7. The summed E-state index contributed by atoms with van der Waals surface area (Å²) in [6.45, 7) is 0.157. The number of anilines is 1. The molecule has 7 nitrogen and oxygen atoms in total. The van der Waals surface area contributed by atoms with Crippen molar-refractivity contribution in [2.75, 3.05) is 18.0 Å². The van der Waals surface area contributed by atoms with Gasteiger partial charge in [-0.2, -0.15) is 4.31 Å². The third kappa shape index (κ3) is 4.88. The van der Waals surface area contributed by atoms with Crippen molar-refractivity contribution in [2.45, 2.75) is 24.3 Å². The van der Waals surface area contributed by atoms with E-state index in [2.05, 4.69) is 4.98 Å². The molecule has 0 radical (unpaired) electrons. The summed E-state index contributed by atoms with van der Waals surface area (Å²) in [5.74, 6) is -1.99. The maximum Gasteiger partial charge on any atom is 0.246 e. The van der Waals surface area contributed by atoms with Crippen molar-refractivity contribution < 1.29 is 26.4 Å². The molecule has 0 saturated carbocycles. The number of piperidine rings is 1. The minimum atomic E-state index is -4.24. The Kier molecular flexibility index (Phi) is 6.82. The molecular formula is C24H20ClF2N3O4S2. The number of carbonyl (C=O) groups is 1. The highest BCUT2D eigenvalue weighted by atomic mass is 35.5. The van der Waals surface area contributed by atoms with Crippen LogP contribution in [0.15, 0.2) is 64.1 Å². The average molecular weight is 552 g/mol. The molecule has 0 spiro atoms. The number of aromatic nitrogens is 1. The lowest BCUT2D eigenvalue weighted by Crippen LogP contribution is -2.44. The zero-order valence-electron chi connectivity index (χ0n) is 18.7. The Morgan fingerprint density at radius 1 is 1.17 bits per heavy atom. The maximum atomic E-state index is 14.2. The summed E-state index contributed by atoms with van der Waals surface area (Å²) in [5.41, 5.74) is 0.703. The van der Waals surface area contributed by atoms with E-state index in [0.717, 1.165) is 21.1 Å². The van der Waals surface area contributed by atoms with Crippen molar-refractivity contribution in [3.63, 3.8) is 0 Å². The van der Waals surface area contributed by atoms with E-state index in [1.807, 2.05) is 0 Å². The molecule has 2 aromatic carbocycles. The highest BCUT2D eigenvalue weighted by Gasteiger charge is 2.36. The fraction of sp³-hybridized carbons (Fsp3) is 0.250. The first-order chi connectivity index (χ1) is 17.2. The van der Waals surface area contributed by atoms with Gasteiger partial charge < -0.3 is 4.42 Å². The van der Waals surface area contributed by atoms with Crippen molar-refractivity contribution >= 4 is 54.2 Å². The molecule has 36 heavy (non-hydrogen) atoms. The SMILES string of the molecule is O=C(C1CCN(S(=O)(=O)c2cc(F)ccc2F)CC1)N(Cc1ccco1)c1nc2ccc(Cl)cc2s1. The number of carbonyl (C=O) groups excluding carboxylic acids is 1. The number of halogens is 3. The zero-order valence-corrected chi connectivity index (χ0v) is 21.1. The van der Waals surface area contributed by atoms with E-state index in [1.54, 1.807) is 35.2 Å². The van der Waals surface area contributed by atoms with Crippen LogP contribution in [0.5, 0.6) is 0 Å². The van der Waals surface area contributed by atoms with Gasteiger partial charge in [-0.15, -0.1) is 0 Å². The Bertz CT molecular complexity index is 1520. The van der Waals surface area contributed by atoms with Gasteiger partial charge in [-0.3, -0.25) is 9.69 Å². The number of furan rings is 1. The summed E-state index contributed by atoms with van der Waals surface area (Å²) >= 11 is 7.43. The van der Waals surface area contributed by atoms with Crippen molar-refractivity contribution in [3.8, 4) is 0 Å². The van der Waals surface area contributed by atoms with E-state index < -0.39 is 32.5 Å². The van der Waals surface area contributed by atoms with Crippen LogP contribution in [0.25, 0.3) is 10.2 Å². The Labute approximate surface area is 215 Å². The molecule has 1 amide bonds. The van der Waals surface area contributed by atoms with Crippen LogP contribution >= 0.6 is 22.9 Å². The van der Waals surface area contributed by atoms with Gasteiger partial charge in [0.15, 0.2) is 5.13 Å². The van der Waals surface area contributed by atoms with Gasteiger partial charge in [-0.25, -0.2) is 22.2 Å². The third-order valence-electron chi connectivity index (χ3n) is 6.04. The van der Waals surface area contributed by atoms with E-state index >= 15 is 0 Å². The summed E-state index contributed by atoms with van der Waals surface area (Å²) in [5, 5.41) is 1.04. The van der Waals surface area contributed by atoms with Crippen LogP contribution in [0.1, 0.15) is 18.6 Å². The topological polar surface area (TPSA) is 83.7 Å². The number of benzene rings is 2. The predicted molar refractivity (Wildman–Crippen MR) is 132 cm³/mol. The predicted octanol–water partition coefficient (Wildman–Crippen LogP) is 5.46. The van der Waals surface area contributed by atoms with Gasteiger partial charge >= 0.3 is 0 Å². The van der Waals surface area contributed by atoms with E-state index in [1.165, 1.54) is 17.6 Å². The third-order valence-corrected chi connectivity index (χ3v) is 9.23. The molecule has 2 aromatic heterocycles. The summed E-state index contributed by atoms with van der Waals surface area (Å²) < 4.78 is 61.0. The molecule has 3 heterocycles. The van der Waals surface area contributed by atoms with E-state index in [9.17, 15) is 22.0 Å². The molecule has 1 fully saturated rings. The van der Waals surface area contributed by atoms with E-state index in [0.29, 0.717) is 27.5 Å². The zero-order chi connectivity index (χ0) is 25.4. The first kappa shape index (κ1) is 24.8. The van der Waals surface area contributed by atoms with Gasteiger partial charge in [0.2, 0.25) is 15.9 Å². The molecule has 0 unspecified atom stereocenters. The Morgan fingerprint density at radius 3 is 2.67 bits per heavy atom. The highest BCUT2D eigenvalue weighted by molar-refractivity contribution is 7.89. The van der Waals surface area contributed by atoms with Crippen molar-refractivity contribution in [1.82, 2.24) is 9.29 Å². The van der Waals surface area contributed by atoms with Crippen LogP contribution in [0.3, 0.4) is 0 Å². The van der Waals surface area contributed by atoms with Crippen LogP contribution in [-0.2, 0) is 21.4 Å². The summed E-state index contributed by atoms with van der Waals surface area (Å²) in [7, 11) is -4.24. The fourth-order valence-corrected chi connectivity index (χ4v) is 6.97. The van der Waals surface area contributed by atoms with Gasteiger partial charge in [-0.05, 0) is 61.4 Å². The normalized spacial score (nSPS) is 15.4. The highest BCUT2D eigenvalue weighted by Crippen LogP contribution is 2.34. The fourth-order valence-electron chi connectivity index (χ4n) is 4.18. The van der Waals surface area contributed by atoms with Crippen LogP contribution in [0.4, 0.5) is 13.9 Å². The lowest BCUT2D eigenvalue weighted by Gasteiger charge is -2.32. The van der Waals surface area contributed by atoms with Gasteiger partial charge in [0.1, 0.15) is 22.3 Å². The average Bonchev–Trinajstić information content (AvgIpc) is 3.53. The number of nitrogens with zero attached hydrogens (tertiary/aromatic N) is 3. The molecule has 0 aliphatic carbocycles. The largest absolute Gasteiger partial charge is 0.467 e. The number of fused-ring (bicyclic) bond motifs is 1. The minimum Gasteiger partial charge on any atom is -0.467 e. The first-order valence-electron chi connectivity index (χ1n) is 11.1. The maximum absolute atomic E-state index is 14.2. The number of sulfonamides is 1. The quantitative estimate of drug-likeness (QED) is 0.318. The second-order valence-electron chi connectivity index (χ2n) is 8.37. The molecule has 4 aromatic rings. The lowest BCUT2D eigenvalue weighted by molar-refractivity contribution is -0.123. The Hall–Kier alpha value is -2.86. The minimum absolute atomic E-state index is 0.00125. The van der Waals surface area contributed by atoms with Crippen molar-refractivity contribution in [2.24, 2.45) is 5.92 Å². The van der Waals surface area contributed by atoms with Gasteiger partial charge in [-0.1, -0.05) is 22.9 Å². The van der Waals surface area contributed by atoms with Crippen LogP contribution in [0, 0.1) is 17.6 Å². The number of rotatable bonds is 6.